The normalized spacial score (nSPS) is 9.80. The van der Waals surface area contributed by atoms with Crippen LogP contribution in [0.4, 0.5) is 10.5 Å². The fourth-order valence-electron chi connectivity index (χ4n) is 1.42. The van der Waals surface area contributed by atoms with Crippen LogP contribution >= 0.6 is 0 Å². The van der Waals surface area contributed by atoms with Crippen molar-refractivity contribution in [2.45, 2.75) is 6.61 Å². The van der Waals surface area contributed by atoms with Crippen molar-refractivity contribution in [3.8, 4) is 5.75 Å². The second-order valence-corrected chi connectivity index (χ2v) is 3.79. The molecule has 0 aromatic heterocycles. The monoisotopic (exact) mass is 272 g/mol. The van der Waals surface area contributed by atoms with Crippen LogP contribution in [-0.4, -0.2) is 11.1 Å². The molecule has 0 heterocycles. The smallest absolute Gasteiger partial charge is 0.429 e. The Morgan fingerprint density at radius 1 is 1.20 bits per heavy atom. The molecular weight excluding hydrogens is 262 g/mol. The van der Waals surface area contributed by atoms with Crippen LogP contribution in [0.5, 0.6) is 5.75 Å². The van der Waals surface area contributed by atoms with Gasteiger partial charge in [-0.25, -0.2) is 4.79 Å². The van der Waals surface area contributed by atoms with E-state index in [2.05, 4.69) is 6.07 Å². The predicted octanol–water partition coefficient (Wildman–Crippen LogP) is 3.11. The van der Waals surface area contributed by atoms with Gasteiger partial charge in [-0.15, -0.1) is 0 Å². The quantitative estimate of drug-likeness (QED) is 0.370. The molecule has 0 aliphatic rings. The van der Waals surface area contributed by atoms with Gasteiger partial charge in [-0.1, -0.05) is 18.2 Å². The van der Waals surface area contributed by atoms with Crippen LogP contribution in [0.15, 0.2) is 48.5 Å². The maximum atomic E-state index is 11.4. The number of hydrogen-bond donors (Lipinski definition) is 0. The summed E-state index contributed by atoms with van der Waals surface area (Å²) in [5.74, 6) is 0.265. The van der Waals surface area contributed by atoms with Crippen molar-refractivity contribution in [1.82, 2.24) is 0 Å². The highest BCUT2D eigenvalue weighted by Gasteiger charge is 2.08. The predicted molar refractivity (Wildman–Crippen MR) is 69.2 cm³/mol. The Balaban J connectivity index is 1.85. The van der Waals surface area contributed by atoms with Gasteiger partial charge in [0.1, 0.15) is 12.4 Å². The van der Waals surface area contributed by atoms with E-state index < -0.39 is 11.1 Å². The van der Waals surface area contributed by atoms with Gasteiger partial charge in [0, 0.05) is 18.2 Å². The van der Waals surface area contributed by atoms with E-state index in [1.807, 2.05) is 0 Å². The first-order valence-electron chi connectivity index (χ1n) is 5.70. The number of rotatable bonds is 4. The number of benzene rings is 2. The third-order valence-electron chi connectivity index (χ3n) is 2.38. The number of non-ortho nitro benzene ring substituents is 1. The average molecular weight is 272 g/mol. The van der Waals surface area contributed by atoms with Gasteiger partial charge in [0.15, 0.2) is 0 Å². The Hall–Kier alpha value is -2.89. The topological polar surface area (TPSA) is 78.7 Å². The minimum atomic E-state index is -0.856. The molecule has 2 rings (SSSR count). The second kappa shape index (κ2) is 6.33. The van der Waals surface area contributed by atoms with Gasteiger partial charge in [-0.2, -0.15) is 0 Å². The molecule has 0 aliphatic carbocycles. The third-order valence-corrected chi connectivity index (χ3v) is 2.38. The van der Waals surface area contributed by atoms with Crippen molar-refractivity contribution in [2.24, 2.45) is 0 Å². The summed E-state index contributed by atoms with van der Waals surface area (Å²) in [5, 5.41) is 10.5. The summed E-state index contributed by atoms with van der Waals surface area (Å²) < 4.78 is 9.75. The zero-order valence-electron chi connectivity index (χ0n) is 10.3. The molecule has 2 aromatic rings. The number of para-hydroxylation sites is 1. The summed E-state index contributed by atoms with van der Waals surface area (Å²) in [4.78, 5) is 21.4. The second-order valence-electron chi connectivity index (χ2n) is 3.79. The lowest BCUT2D eigenvalue weighted by Gasteiger charge is -2.05. The standard InChI is InChI=1S/C14H10NO5/c16-14(20-13-4-2-1-3-5-13)19-10-11-6-8-12(9-7-11)15(17)18/h1-4,6-9H,10H2. The fraction of sp³-hybridized carbons (Fsp3) is 0.0714. The first-order valence-corrected chi connectivity index (χ1v) is 5.70. The van der Waals surface area contributed by atoms with Crippen LogP contribution in [0.3, 0.4) is 0 Å². The van der Waals surface area contributed by atoms with Crippen molar-refractivity contribution in [1.29, 1.82) is 0 Å². The van der Waals surface area contributed by atoms with Gasteiger partial charge in [0.05, 0.1) is 4.92 Å². The highest BCUT2D eigenvalue weighted by atomic mass is 16.7. The van der Waals surface area contributed by atoms with Gasteiger partial charge in [-0.05, 0) is 23.8 Å². The fourth-order valence-corrected chi connectivity index (χ4v) is 1.42. The van der Waals surface area contributed by atoms with E-state index in [1.54, 1.807) is 24.3 Å². The van der Waals surface area contributed by atoms with E-state index in [-0.39, 0.29) is 18.0 Å². The number of nitro groups is 1. The van der Waals surface area contributed by atoms with E-state index in [1.165, 1.54) is 24.3 Å². The SMILES string of the molecule is O=C(OCc1ccc([N+](=O)[O-])cc1)Oc1[c]cccc1. The average Bonchev–Trinajstić information content (AvgIpc) is 2.46. The van der Waals surface area contributed by atoms with Gasteiger partial charge in [-0.3, -0.25) is 10.1 Å². The number of nitrogens with zero attached hydrogens (tertiary/aromatic N) is 1. The number of nitro benzene ring substituents is 1. The van der Waals surface area contributed by atoms with Crippen LogP contribution in [0.25, 0.3) is 0 Å². The number of carbonyl (C=O) groups is 1. The molecule has 0 saturated heterocycles. The highest BCUT2D eigenvalue weighted by Crippen LogP contribution is 2.13. The Labute approximate surface area is 114 Å². The summed E-state index contributed by atoms with van der Waals surface area (Å²) in [6.07, 6.45) is -0.856. The molecule has 1 radical (unpaired) electrons. The summed E-state index contributed by atoms with van der Waals surface area (Å²) in [6, 6.07) is 15.1. The van der Waals surface area contributed by atoms with E-state index in [0.717, 1.165) is 0 Å². The first-order chi connectivity index (χ1) is 9.65. The zero-order chi connectivity index (χ0) is 14.4. The van der Waals surface area contributed by atoms with Crippen molar-refractivity contribution < 1.29 is 19.2 Å². The lowest BCUT2D eigenvalue weighted by atomic mass is 10.2. The van der Waals surface area contributed by atoms with Crippen LogP contribution in [0.1, 0.15) is 5.56 Å². The molecule has 0 N–H and O–H groups in total. The molecule has 0 bridgehead atoms. The maximum Gasteiger partial charge on any atom is 0.514 e. The third kappa shape index (κ3) is 3.81. The number of carbonyl (C=O) groups excluding carboxylic acids is 1. The van der Waals surface area contributed by atoms with Crippen molar-refractivity contribution in [3.63, 3.8) is 0 Å². The van der Waals surface area contributed by atoms with E-state index in [4.69, 9.17) is 9.47 Å². The van der Waals surface area contributed by atoms with Gasteiger partial charge in [0.25, 0.3) is 5.69 Å². The Kier molecular flexibility index (Phi) is 4.28. The summed E-state index contributed by atoms with van der Waals surface area (Å²) in [5.41, 5.74) is 0.611. The number of hydrogen-bond acceptors (Lipinski definition) is 5. The molecule has 101 valence electrons. The molecule has 0 saturated carbocycles. The Morgan fingerprint density at radius 3 is 2.55 bits per heavy atom. The van der Waals surface area contributed by atoms with Crippen molar-refractivity contribution in [2.75, 3.05) is 0 Å². The molecule has 0 aliphatic heterocycles. The molecule has 0 fully saturated rings. The highest BCUT2D eigenvalue weighted by molar-refractivity contribution is 5.63. The van der Waals surface area contributed by atoms with Crippen LogP contribution in [0, 0.1) is 16.2 Å². The molecule has 6 nitrogen and oxygen atoms in total. The molecule has 0 spiro atoms. The maximum absolute atomic E-state index is 11.4. The van der Waals surface area contributed by atoms with Gasteiger partial charge >= 0.3 is 6.16 Å². The van der Waals surface area contributed by atoms with Crippen LogP contribution < -0.4 is 4.74 Å². The lowest BCUT2D eigenvalue weighted by molar-refractivity contribution is -0.384. The minimum absolute atomic E-state index is 0.0183. The molecule has 6 heteroatoms. The Morgan fingerprint density at radius 2 is 1.95 bits per heavy atom. The zero-order valence-corrected chi connectivity index (χ0v) is 10.3. The lowest BCUT2D eigenvalue weighted by Crippen LogP contribution is -2.10. The summed E-state index contributed by atoms with van der Waals surface area (Å²) >= 11 is 0. The minimum Gasteiger partial charge on any atom is -0.429 e. The van der Waals surface area contributed by atoms with Crippen molar-refractivity contribution in [3.05, 3.63) is 70.3 Å². The summed E-state index contributed by atoms with van der Waals surface area (Å²) in [7, 11) is 0. The molecular formula is C14H10NO5. The molecule has 0 atom stereocenters. The van der Waals surface area contributed by atoms with Crippen LogP contribution in [0.2, 0.25) is 0 Å². The molecule has 0 amide bonds. The van der Waals surface area contributed by atoms with E-state index in [0.29, 0.717) is 5.56 Å². The first kappa shape index (κ1) is 13.5. The summed E-state index contributed by atoms with van der Waals surface area (Å²) in [6.45, 7) is -0.0241. The van der Waals surface area contributed by atoms with Gasteiger partial charge in [0.2, 0.25) is 0 Å². The molecule has 2 aromatic carbocycles. The Bertz CT molecular complexity index is 595. The van der Waals surface area contributed by atoms with E-state index in [9.17, 15) is 14.9 Å². The molecule has 20 heavy (non-hydrogen) atoms. The largest absolute Gasteiger partial charge is 0.514 e. The molecule has 0 unspecified atom stereocenters. The van der Waals surface area contributed by atoms with Crippen molar-refractivity contribution >= 4 is 11.8 Å². The van der Waals surface area contributed by atoms with Crippen LogP contribution in [-0.2, 0) is 11.3 Å². The van der Waals surface area contributed by atoms with Gasteiger partial charge < -0.3 is 9.47 Å². The van der Waals surface area contributed by atoms with E-state index >= 15 is 0 Å². The number of ether oxygens (including phenoxy) is 2.